The Morgan fingerprint density at radius 1 is 0.878 bits per heavy atom. The second-order valence-corrected chi connectivity index (χ2v) is 12.5. The van der Waals surface area contributed by atoms with Crippen LogP contribution in [0, 0.1) is 0 Å². The van der Waals surface area contributed by atoms with Gasteiger partial charge in [0.25, 0.3) is 5.91 Å². The van der Waals surface area contributed by atoms with Gasteiger partial charge in [0, 0.05) is 48.4 Å². The molecule has 6 rings (SSSR count). The van der Waals surface area contributed by atoms with Gasteiger partial charge >= 0.3 is 18.3 Å². The van der Waals surface area contributed by atoms with Crippen molar-refractivity contribution < 1.29 is 46.5 Å². The van der Waals surface area contributed by atoms with Gasteiger partial charge in [-0.1, -0.05) is 0 Å². The van der Waals surface area contributed by atoms with E-state index in [4.69, 9.17) is 18.9 Å². The molecule has 2 aromatic heterocycles. The molecule has 0 spiro atoms. The molecule has 4 amide bonds. The lowest BCUT2D eigenvalue weighted by atomic mass is 9.90. The Balaban J connectivity index is 1.35. The topological polar surface area (TPSA) is 124 Å². The van der Waals surface area contributed by atoms with Crippen molar-refractivity contribution >= 4 is 40.3 Å². The molecule has 2 aromatic carbocycles. The minimum Gasteiger partial charge on any atom is -0.493 e. The van der Waals surface area contributed by atoms with Crippen LogP contribution in [0.5, 0.6) is 23.0 Å². The number of benzene rings is 2. The number of amides is 4. The normalized spacial score (nSPS) is 15.5. The average molecular weight is 680 g/mol. The molecule has 12 nitrogen and oxygen atoms in total. The van der Waals surface area contributed by atoms with E-state index in [-0.39, 0.29) is 30.4 Å². The monoisotopic (exact) mass is 679 g/mol. The summed E-state index contributed by atoms with van der Waals surface area (Å²) < 4.78 is 62.9. The number of methoxy groups -OCH3 is 2. The first-order valence-electron chi connectivity index (χ1n) is 15.1. The van der Waals surface area contributed by atoms with E-state index in [2.05, 4.69) is 9.97 Å². The van der Waals surface area contributed by atoms with E-state index in [0.717, 1.165) is 22.1 Å². The van der Waals surface area contributed by atoms with Gasteiger partial charge in [-0.2, -0.15) is 13.2 Å². The van der Waals surface area contributed by atoms with Crippen LogP contribution in [0.3, 0.4) is 0 Å². The Labute approximate surface area is 278 Å². The number of imide groups is 1. The fourth-order valence-corrected chi connectivity index (χ4v) is 5.58. The SMILES string of the molecule is COc1cc2nccc(Oc3ccc(N4C(=O)CN(c5cncc(C(F)(F)F)c5)C4=O)cc3C3CN(C(=O)OC(C)(C)C)C3)c2cc1OC. The number of aromatic nitrogens is 2. The summed E-state index contributed by atoms with van der Waals surface area (Å²) in [5, 5.41) is 0.620. The molecule has 15 heteroatoms. The minimum atomic E-state index is -4.69. The van der Waals surface area contributed by atoms with Gasteiger partial charge in [-0.3, -0.25) is 19.7 Å². The molecule has 2 aliphatic rings. The third-order valence-corrected chi connectivity index (χ3v) is 7.98. The Hall–Kier alpha value is -5.60. The molecule has 0 bridgehead atoms. The minimum absolute atomic E-state index is 0.167. The van der Waals surface area contributed by atoms with Crippen molar-refractivity contribution in [3.05, 3.63) is 72.2 Å². The number of nitrogens with zero attached hydrogens (tertiary/aromatic N) is 5. The summed E-state index contributed by atoms with van der Waals surface area (Å²) in [4.78, 5) is 50.9. The highest BCUT2D eigenvalue weighted by Gasteiger charge is 2.41. The average Bonchev–Trinajstić information content (AvgIpc) is 3.32. The molecule has 2 saturated heterocycles. The zero-order chi connectivity index (χ0) is 35.2. The summed E-state index contributed by atoms with van der Waals surface area (Å²) in [6, 6.07) is 9.78. The number of fused-ring (bicyclic) bond motifs is 1. The molecule has 0 N–H and O–H groups in total. The van der Waals surface area contributed by atoms with Crippen LogP contribution in [-0.4, -0.2) is 72.4 Å². The number of carbonyl (C=O) groups excluding carboxylic acids is 3. The lowest BCUT2D eigenvalue weighted by Crippen LogP contribution is -2.50. The highest BCUT2D eigenvalue weighted by Crippen LogP contribution is 2.42. The van der Waals surface area contributed by atoms with Crippen LogP contribution < -0.4 is 24.0 Å². The second kappa shape index (κ2) is 12.5. The number of likely N-dealkylation sites (tertiary alicyclic amines) is 1. The zero-order valence-electron chi connectivity index (χ0n) is 27.2. The van der Waals surface area contributed by atoms with Crippen LogP contribution in [-0.2, 0) is 15.7 Å². The highest BCUT2D eigenvalue weighted by molar-refractivity contribution is 6.27. The van der Waals surface area contributed by atoms with E-state index in [1.165, 1.54) is 25.2 Å². The summed E-state index contributed by atoms with van der Waals surface area (Å²) in [7, 11) is 3.03. The van der Waals surface area contributed by atoms with E-state index in [9.17, 15) is 27.6 Å². The number of halogens is 3. The van der Waals surface area contributed by atoms with Crippen LogP contribution >= 0.6 is 0 Å². The number of urea groups is 1. The molecule has 0 aliphatic carbocycles. The number of carbonyl (C=O) groups is 3. The first-order chi connectivity index (χ1) is 23.2. The molecule has 0 atom stereocenters. The van der Waals surface area contributed by atoms with Gasteiger partial charge in [0.05, 0.1) is 42.9 Å². The lowest BCUT2D eigenvalue weighted by molar-refractivity contribution is -0.137. The number of ether oxygens (including phenoxy) is 4. The van der Waals surface area contributed by atoms with E-state index in [1.54, 1.807) is 57.3 Å². The lowest BCUT2D eigenvalue weighted by Gasteiger charge is -2.40. The molecule has 256 valence electrons. The van der Waals surface area contributed by atoms with Crippen LogP contribution in [0.4, 0.5) is 34.1 Å². The molecule has 2 fully saturated rings. The number of anilines is 2. The van der Waals surface area contributed by atoms with E-state index >= 15 is 0 Å². The van der Waals surface area contributed by atoms with Gasteiger partial charge < -0.3 is 23.8 Å². The van der Waals surface area contributed by atoms with E-state index in [0.29, 0.717) is 45.7 Å². The standard InChI is InChI=1S/C34H32F3N5O7/c1-33(2,3)49-32(45)40-16-19(17-40)23-11-21(42-30(43)18-41(31(42)44)22-10-20(14-38-15-22)34(35,36)37)6-7-26(23)48-27-8-9-39-25-13-29(47-5)28(46-4)12-24(25)27/h6-15,19H,16-18H2,1-5H3. The zero-order valence-corrected chi connectivity index (χ0v) is 27.2. The number of hydrogen-bond donors (Lipinski definition) is 0. The predicted molar refractivity (Wildman–Crippen MR) is 171 cm³/mol. The van der Waals surface area contributed by atoms with Gasteiger partial charge in [0.1, 0.15) is 23.6 Å². The van der Waals surface area contributed by atoms with Crippen molar-refractivity contribution in [3.63, 3.8) is 0 Å². The predicted octanol–water partition coefficient (Wildman–Crippen LogP) is 6.77. The molecule has 4 heterocycles. The number of alkyl halides is 3. The second-order valence-electron chi connectivity index (χ2n) is 12.5. The molecule has 0 radical (unpaired) electrons. The fourth-order valence-electron chi connectivity index (χ4n) is 5.58. The maximum absolute atomic E-state index is 13.5. The first kappa shape index (κ1) is 33.3. The largest absolute Gasteiger partial charge is 0.493 e. The maximum Gasteiger partial charge on any atom is 0.417 e. The van der Waals surface area contributed by atoms with Gasteiger partial charge in [0.15, 0.2) is 11.5 Å². The Bertz CT molecular complexity index is 1960. The van der Waals surface area contributed by atoms with Gasteiger partial charge in [-0.15, -0.1) is 0 Å². The molecule has 4 aromatic rings. The molecular weight excluding hydrogens is 647 g/mol. The van der Waals surface area contributed by atoms with Gasteiger partial charge in [-0.05, 0) is 57.2 Å². The Morgan fingerprint density at radius 2 is 1.59 bits per heavy atom. The van der Waals surface area contributed by atoms with Crippen LogP contribution in [0.1, 0.15) is 37.8 Å². The summed E-state index contributed by atoms with van der Waals surface area (Å²) in [5.74, 6) is 0.838. The van der Waals surface area contributed by atoms with Crippen LogP contribution in [0.25, 0.3) is 10.9 Å². The summed E-state index contributed by atoms with van der Waals surface area (Å²) >= 11 is 0. The van der Waals surface area contributed by atoms with Crippen LogP contribution in [0.2, 0.25) is 0 Å². The van der Waals surface area contributed by atoms with Gasteiger partial charge in [0.2, 0.25) is 0 Å². The van der Waals surface area contributed by atoms with Crippen molar-refractivity contribution in [1.29, 1.82) is 0 Å². The maximum atomic E-state index is 13.5. The fraction of sp³-hybridized carbons (Fsp3) is 0.324. The quantitative estimate of drug-likeness (QED) is 0.195. The third-order valence-electron chi connectivity index (χ3n) is 7.98. The summed E-state index contributed by atoms with van der Waals surface area (Å²) in [6.45, 7) is 5.35. The third kappa shape index (κ3) is 6.60. The van der Waals surface area contributed by atoms with E-state index in [1.807, 2.05) is 0 Å². The summed E-state index contributed by atoms with van der Waals surface area (Å²) in [6.07, 6.45) is -1.86. The number of hydrogen-bond acceptors (Lipinski definition) is 9. The first-order valence-corrected chi connectivity index (χ1v) is 15.1. The number of pyridine rings is 2. The van der Waals surface area contributed by atoms with Crippen molar-refractivity contribution in [3.8, 4) is 23.0 Å². The van der Waals surface area contributed by atoms with E-state index < -0.39 is 41.9 Å². The van der Waals surface area contributed by atoms with Crippen molar-refractivity contribution in [2.45, 2.75) is 38.5 Å². The van der Waals surface area contributed by atoms with Gasteiger partial charge in [-0.25, -0.2) is 14.5 Å². The Morgan fingerprint density at radius 3 is 2.27 bits per heavy atom. The number of rotatable bonds is 7. The van der Waals surface area contributed by atoms with Crippen molar-refractivity contribution in [2.24, 2.45) is 0 Å². The summed E-state index contributed by atoms with van der Waals surface area (Å²) in [5.41, 5.74) is -0.569. The highest BCUT2D eigenvalue weighted by atomic mass is 19.4. The molecule has 49 heavy (non-hydrogen) atoms. The van der Waals surface area contributed by atoms with Crippen molar-refractivity contribution in [1.82, 2.24) is 14.9 Å². The smallest absolute Gasteiger partial charge is 0.417 e. The molecular formula is C34H32F3N5O7. The molecule has 0 saturated carbocycles. The molecule has 2 aliphatic heterocycles. The Kier molecular flexibility index (Phi) is 8.46. The van der Waals surface area contributed by atoms with Crippen LogP contribution in [0.15, 0.2) is 61.1 Å². The van der Waals surface area contributed by atoms with Crippen molar-refractivity contribution in [2.75, 3.05) is 43.7 Å². The molecule has 0 unspecified atom stereocenters.